The van der Waals surface area contributed by atoms with Crippen LogP contribution in [-0.4, -0.2) is 19.8 Å². The molecule has 0 spiro atoms. The molecular formula is C19H24N4S. The molecule has 4 rings (SSSR count). The van der Waals surface area contributed by atoms with Gasteiger partial charge < -0.3 is 0 Å². The molecule has 0 amide bonds. The maximum atomic E-state index is 4.85. The fourth-order valence-corrected chi connectivity index (χ4v) is 4.45. The highest BCUT2D eigenvalue weighted by Crippen LogP contribution is 2.35. The summed E-state index contributed by atoms with van der Waals surface area (Å²) >= 11 is 1.70. The van der Waals surface area contributed by atoms with Crippen molar-refractivity contribution in [2.75, 3.05) is 0 Å². The molecule has 5 heteroatoms. The Kier molecular flexibility index (Phi) is 3.91. The van der Waals surface area contributed by atoms with Gasteiger partial charge in [0.1, 0.15) is 5.01 Å². The van der Waals surface area contributed by atoms with Crippen LogP contribution in [0, 0.1) is 0 Å². The average Bonchev–Trinajstić information content (AvgIpc) is 3.15. The standard InChI is InChI=1S/C19H24N4S/c1-19(2,3)15-11-9-13(10-12-15)16-20-21-18-23(16)22-17(24-18)14-7-5-4-6-8-14/h9-12,14H,4-8H2,1-3H3. The summed E-state index contributed by atoms with van der Waals surface area (Å²) < 4.78 is 1.93. The predicted octanol–water partition coefficient (Wildman–Crippen LogP) is 5.20. The Hall–Kier alpha value is -1.75. The van der Waals surface area contributed by atoms with Crippen molar-refractivity contribution in [2.24, 2.45) is 0 Å². The Morgan fingerprint density at radius 3 is 2.38 bits per heavy atom. The van der Waals surface area contributed by atoms with Crippen molar-refractivity contribution >= 4 is 16.3 Å². The topological polar surface area (TPSA) is 43.1 Å². The Morgan fingerprint density at radius 1 is 1.00 bits per heavy atom. The molecule has 126 valence electrons. The molecule has 0 saturated heterocycles. The minimum atomic E-state index is 0.160. The smallest absolute Gasteiger partial charge is 0.183 e. The molecule has 2 aromatic heterocycles. The number of nitrogens with zero attached hydrogens (tertiary/aromatic N) is 4. The van der Waals surface area contributed by atoms with E-state index in [2.05, 4.69) is 55.2 Å². The van der Waals surface area contributed by atoms with Crippen LogP contribution in [0.3, 0.4) is 0 Å². The summed E-state index contributed by atoms with van der Waals surface area (Å²) in [5.74, 6) is 1.46. The minimum absolute atomic E-state index is 0.160. The molecule has 1 aliphatic rings. The van der Waals surface area contributed by atoms with Crippen LogP contribution in [0.5, 0.6) is 0 Å². The second kappa shape index (κ2) is 5.96. The highest BCUT2D eigenvalue weighted by molar-refractivity contribution is 7.16. The molecule has 1 aliphatic carbocycles. The molecule has 0 unspecified atom stereocenters. The molecule has 1 aromatic carbocycles. The van der Waals surface area contributed by atoms with E-state index in [4.69, 9.17) is 5.10 Å². The van der Waals surface area contributed by atoms with Gasteiger partial charge in [-0.2, -0.15) is 9.61 Å². The first-order valence-corrected chi connectivity index (χ1v) is 9.67. The van der Waals surface area contributed by atoms with Crippen molar-refractivity contribution in [3.8, 4) is 11.4 Å². The normalized spacial score (nSPS) is 16.8. The summed E-state index contributed by atoms with van der Waals surface area (Å²) in [4.78, 5) is 0.908. The van der Waals surface area contributed by atoms with E-state index in [0.717, 1.165) is 16.3 Å². The van der Waals surface area contributed by atoms with Gasteiger partial charge in [0.2, 0.25) is 4.96 Å². The predicted molar refractivity (Wildman–Crippen MR) is 98.6 cm³/mol. The maximum absolute atomic E-state index is 4.85. The first kappa shape index (κ1) is 15.8. The second-order valence-corrected chi connectivity index (χ2v) is 8.81. The van der Waals surface area contributed by atoms with Crippen LogP contribution in [0.2, 0.25) is 0 Å². The van der Waals surface area contributed by atoms with E-state index in [0.29, 0.717) is 5.92 Å². The minimum Gasteiger partial charge on any atom is -0.183 e. The van der Waals surface area contributed by atoms with Gasteiger partial charge in [-0.3, -0.25) is 0 Å². The second-order valence-electron chi connectivity index (χ2n) is 7.82. The first-order valence-electron chi connectivity index (χ1n) is 8.85. The van der Waals surface area contributed by atoms with Gasteiger partial charge in [-0.15, -0.1) is 10.2 Å². The third-order valence-electron chi connectivity index (χ3n) is 4.97. The van der Waals surface area contributed by atoms with Gasteiger partial charge in [-0.05, 0) is 23.8 Å². The highest BCUT2D eigenvalue weighted by Gasteiger charge is 2.22. The van der Waals surface area contributed by atoms with Crippen LogP contribution in [-0.2, 0) is 5.41 Å². The largest absolute Gasteiger partial charge is 0.234 e. The van der Waals surface area contributed by atoms with Crippen LogP contribution in [0.25, 0.3) is 16.3 Å². The van der Waals surface area contributed by atoms with Crippen molar-refractivity contribution in [3.05, 3.63) is 34.8 Å². The first-order chi connectivity index (χ1) is 11.5. The molecule has 0 aliphatic heterocycles. The number of hydrogen-bond acceptors (Lipinski definition) is 4. The van der Waals surface area contributed by atoms with Gasteiger partial charge in [0, 0.05) is 11.5 Å². The molecule has 0 atom stereocenters. The van der Waals surface area contributed by atoms with Gasteiger partial charge in [-0.25, -0.2) is 0 Å². The van der Waals surface area contributed by atoms with Crippen LogP contribution < -0.4 is 0 Å². The van der Waals surface area contributed by atoms with Gasteiger partial charge in [0.05, 0.1) is 0 Å². The molecule has 1 fully saturated rings. The van der Waals surface area contributed by atoms with E-state index in [1.807, 2.05) is 4.52 Å². The lowest BCUT2D eigenvalue weighted by molar-refractivity contribution is 0.440. The Bertz CT molecular complexity index is 832. The Morgan fingerprint density at radius 2 is 1.71 bits per heavy atom. The van der Waals surface area contributed by atoms with Crippen LogP contribution >= 0.6 is 11.3 Å². The highest BCUT2D eigenvalue weighted by atomic mass is 32.1. The van der Waals surface area contributed by atoms with Crippen LogP contribution in [0.15, 0.2) is 24.3 Å². The SMILES string of the molecule is CC(C)(C)c1ccc(-c2nnc3sc(C4CCCCC4)nn23)cc1. The lowest BCUT2D eigenvalue weighted by atomic mass is 9.87. The van der Waals surface area contributed by atoms with Crippen molar-refractivity contribution in [2.45, 2.75) is 64.2 Å². The number of benzene rings is 1. The average molecular weight is 340 g/mol. The van der Waals surface area contributed by atoms with Crippen molar-refractivity contribution in [1.29, 1.82) is 0 Å². The zero-order valence-corrected chi connectivity index (χ0v) is 15.4. The number of rotatable bonds is 2. The third kappa shape index (κ3) is 2.86. The zero-order valence-electron chi connectivity index (χ0n) is 14.6. The molecule has 0 N–H and O–H groups in total. The fourth-order valence-electron chi connectivity index (χ4n) is 3.45. The van der Waals surface area contributed by atoms with Gasteiger partial charge >= 0.3 is 0 Å². The van der Waals surface area contributed by atoms with Crippen LogP contribution in [0.4, 0.5) is 0 Å². The molecule has 3 aromatic rings. The molecule has 24 heavy (non-hydrogen) atoms. The van der Waals surface area contributed by atoms with E-state index >= 15 is 0 Å². The van der Waals surface area contributed by atoms with E-state index < -0.39 is 0 Å². The molecular weight excluding hydrogens is 316 g/mol. The molecule has 0 bridgehead atoms. The Labute approximate surface area is 146 Å². The monoisotopic (exact) mass is 340 g/mol. The molecule has 0 radical (unpaired) electrons. The van der Waals surface area contributed by atoms with Crippen molar-refractivity contribution in [3.63, 3.8) is 0 Å². The van der Waals surface area contributed by atoms with Gasteiger partial charge in [0.25, 0.3) is 0 Å². The number of aromatic nitrogens is 4. The summed E-state index contributed by atoms with van der Waals surface area (Å²) in [5, 5.41) is 14.8. The van der Waals surface area contributed by atoms with E-state index in [1.54, 1.807) is 11.3 Å². The summed E-state index contributed by atoms with van der Waals surface area (Å²) in [6, 6.07) is 8.64. The quantitative estimate of drug-likeness (QED) is 0.644. The maximum Gasteiger partial charge on any atom is 0.234 e. The lowest BCUT2D eigenvalue weighted by Crippen LogP contribution is -2.10. The molecule has 2 heterocycles. The fraction of sp³-hybridized carbons (Fsp3) is 0.526. The number of hydrogen-bond donors (Lipinski definition) is 0. The van der Waals surface area contributed by atoms with E-state index in [1.165, 1.54) is 42.7 Å². The summed E-state index contributed by atoms with van der Waals surface area (Å²) in [6.07, 6.45) is 6.54. The van der Waals surface area contributed by atoms with Gasteiger partial charge in [0.15, 0.2) is 5.82 Å². The van der Waals surface area contributed by atoms with E-state index in [9.17, 15) is 0 Å². The van der Waals surface area contributed by atoms with Crippen molar-refractivity contribution in [1.82, 2.24) is 19.8 Å². The number of fused-ring (bicyclic) bond motifs is 1. The lowest BCUT2D eigenvalue weighted by Gasteiger charge is -2.19. The third-order valence-corrected chi connectivity index (χ3v) is 6.03. The Balaban J connectivity index is 1.68. The van der Waals surface area contributed by atoms with Crippen LogP contribution in [0.1, 0.15) is 69.4 Å². The summed E-state index contributed by atoms with van der Waals surface area (Å²) in [5.41, 5.74) is 2.57. The van der Waals surface area contributed by atoms with Gasteiger partial charge in [-0.1, -0.05) is 75.6 Å². The molecule has 4 nitrogen and oxygen atoms in total. The summed E-state index contributed by atoms with van der Waals surface area (Å²) in [7, 11) is 0. The molecule has 1 saturated carbocycles. The van der Waals surface area contributed by atoms with Crippen molar-refractivity contribution < 1.29 is 0 Å². The van der Waals surface area contributed by atoms with E-state index in [-0.39, 0.29) is 5.41 Å². The zero-order chi connectivity index (χ0) is 16.7. The summed E-state index contributed by atoms with van der Waals surface area (Å²) in [6.45, 7) is 6.69.